The molecule has 0 aliphatic heterocycles. The fourth-order valence-corrected chi connectivity index (χ4v) is 2.04. The number of rotatable bonds is 1. The van der Waals surface area contributed by atoms with Gasteiger partial charge in [-0.3, -0.25) is 9.36 Å². The fourth-order valence-electron chi connectivity index (χ4n) is 2.04. The smallest absolute Gasteiger partial charge is 0.252 e. The number of anilines is 1. The number of aromatic nitrogens is 2. The van der Waals surface area contributed by atoms with Crippen LogP contribution in [0, 0.1) is 6.92 Å². The van der Waals surface area contributed by atoms with E-state index in [-0.39, 0.29) is 5.56 Å². The number of nitrogens with two attached hydrogens (primary N) is 1. The van der Waals surface area contributed by atoms with E-state index in [0.717, 1.165) is 16.6 Å². The van der Waals surface area contributed by atoms with Gasteiger partial charge in [-0.1, -0.05) is 6.07 Å². The zero-order valence-corrected chi connectivity index (χ0v) is 10.7. The lowest BCUT2D eigenvalue weighted by Gasteiger charge is -2.06. The van der Waals surface area contributed by atoms with Crippen molar-refractivity contribution in [1.29, 1.82) is 0 Å². The van der Waals surface area contributed by atoms with E-state index in [9.17, 15) is 4.79 Å². The summed E-state index contributed by atoms with van der Waals surface area (Å²) in [5.41, 5.74) is 8.83. The van der Waals surface area contributed by atoms with E-state index in [0.29, 0.717) is 17.3 Å². The van der Waals surface area contributed by atoms with E-state index < -0.39 is 0 Å². The predicted octanol–water partition coefficient (Wildman–Crippen LogP) is 2.08. The Bertz CT molecular complexity index is 830. The second-order valence-corrected chi connectivity index (χ2v) is 4.48. The second-order valence-electron chi connectivity index (χ2n) is 4.48. The number of hydrogen-bond donors (Lipinski definition) is 1. The molecule has 5 nitrogen and oxygen atoms in total. The lowest BCUT2D eigenvalue weighted by atomic mass is 10.1. The highest BCUT2D eigenvalue weighted by molar-refractivity contribution is 5.80. The number of nitrogen functional groups attached to an aromatic ring is 1. The third-order valence-corrected chi connectivity index (χ3v) is 3.13. The predicted molar refractivity (Wildman–Crippen MR) is 73.8 cm³/mol. The molecule has 2 heterocycles. The summed E-state index contributed by atoms with van der Waals surface area (Å²) in [5.74, 6) is 1.05. The number of aryl methyl sites for hydroxylation is 1. The zero-order valence-electron chi connectivity index (χ0n) is 10.7. The van der Waals surface area contributed by atoms with E-state index in [1.807, 2.05) is 18.2 Å². The summed E-state index contributed by atoms with van der Waals surface area (Å²) < 4.78 is 6.89. The van der Waals surface area contributed by atoms with Crippen LogP contribution in [0.2, 0.25) is 0 Å². The topological polar surface area (TPSA) is 74.0 Å². The van der Waals surface area contributed by atoms with Gasteiger partial charge in [-0.25, -0.2) is 4.98 Å². The maximum Gasteiger partial charge on any atom is 0.252 e. The maximum atomic E-state index is 11.7. The highest BCUT2D eigenvalue weighted by Gasteiger charge is 2.07. The van der Waals surface area contributed by atoms with Gasteiger partial charge in [0.15, 0.2) is 11.5 Å². The average Bonchev–Trinajstić information content (AvgIpc) is 2.74. The Kier molecular flexibility index (Phi) is 2.41. The zero-order chi connectivity index (χ0) is 13.6. The van der Waals surface area contributed by atoms with Crippen LogP contribution >= 0.6 is 0 Å². The van der Waals surface area contributed by atoms with Crippen molar-refractivity contribution in [3.05, 3.63) is 46.6 Å². The fraction of sp³-hybridized carbons (Fsp3) is 0.143. The molecule has 2 aromatic heterocycles. The molecule has 0 atom stereocenters. The molecule has 5 heteroatoms. The standard InChI is InChI=1S/C14H13N3O2/c1-8-16-11-4-3-9(5-12(11)19-8)10-6-13(15)17(2)14(18)7-10/h3-7H,15H2,1-2H3. The van der Waals surface area contributed by atoms with Crippen molar-refractivity contribution in [2.75, 3.05) is 5.73 Å². The Balaban J connectivity index is 2.21. The average molecular weight is 255 g/mol. The molecular weight excluding hydrogens is 242 g/mol. The first kappa shape index (κ1) is 11.5. The van der Waals surface area contributed by atoms with Crippen molar-refractivity contribution in [1.82, 2.24) is 9.55 Å². The van der Waals surface area contributed by atoms with Gasteiger partial charge >= 0.3 is 0 Å². The minimum atomic E-state index is -0.135. The van der Waals surface area contributed by atoms with Crippen molar-refractivity contribution in [2.24, 2.45) is 7.05 Å². The summed E-state index contributed by atoms with van der Waals surface area (Å²) in [6, 6.07) is 8.96. The molecule has 0 spiro atoms. The normalized spacial score (nSPS) is 11.1. The van der Waals surface area contributed by atoms with Gasteiger partial charge < -0.3 is 10.2 Å². The monoisotopic (exact) mass is 255 g/mol. The molecule has 3 aromatic rings. The van der Waals surface area contributed by atoms with E-state index in [4.69, 9.17) is 10.2 Å². The van der Waals surface area contributed by atoms with Gasteiger partial charge in [0.1, 0.15) is 11.3 Å². The Morgan fingerprint density at radius 2 is 2.00 bits per heavy atom. The van der Waals surface area contributed by atoms with Gasteiger partial charge in [0.2, 0.25) is 0 Å². The third-order valence-electron chi connectivity index (χ3n) is 3.13. The quantitative estimate of drug-likeness (QED) is 0.722. The Hall–Kier alpha value is -2.56. The van der Waals surface area contributed by atoms with E-state index in [1.54, 1.807) is 26.1 Å². The number of oxazole rings is 1. The summed E-state index contributed by atoms with van der Waals surface area (Å²) in [7, 11) is 1.64. The first-order chi connectivity index (χ1) is 9.04. The molecule has 3 rings (SSSR count). The van der Waals surface area contributed by atoms with Gasteiger partial charge in [-0.05, 0) is 29.3 Å². The van der Waals surface area contributed by atoms with E-state index in [1.165, 1.54) is 4.57 Å². The molecule has 0 fully saturated rings. The van der Waals surface area contributed by atoms with Crippen molar-refractivity contribution in [2.45, 2.75) is 6.92 Å². The van der Waals surface area contributed by atoms with Gasteiger partial charge in [-0.15, -0.1) is 0 Å². The molecule has 0 radical (unpaired) electrons. The van der Waals surface area contributed by atoms with Gasteiger partial charge in [0, 0.05) is 20.0 Å². The second kappa shape index (κ2) is 3.98. The van der Waals surface area contributed by atoms with Gasteiger partial charge in [-0.2, -0.15) is 0 Å². The highest BCUT2D eigenvalue weighted by atomic mass is 16.3. The molecule has 0 aliphatic carbocycles. The molecular formula is C14H13N3O2. The van der Waals surface area contributed by atoms with Gasteiger partial charge in [0.05, 0.1) is 0 Å². The summed E-state index contributed by atoms with van der Waals surface area (Å²) >= 11 is 0. The molecule has 2 N–H and O–H groups in total. The van der Waals surface area contributed by atoms with Crippen molar-refractivity contribution in [3.63, 3.8) is 0 Å². The highest BCUT2D eigenvalue weighted by Crippen LogP contribution is 2.25. The first-order valence-electron chi connectivity index (χ1n) is 5.89. The maximum absolute atomic E-state index is 11.7. The lowest BCUT2D eigenvalue weighted by Crippen LogP contribution is -2.18. The number of hydrogen-bond acceptors (Lipinski definition) is 4. The molecule has 19 heavy (non-hydrogen) atoms. The largest absolute Gasteiger partial charge is 0.441 e. The van der Waals surface area contributed by atoms with Crippen LogP contribution < -0.4 is 11.3 Å². The number of fused-ring (bicyclic) bond motifs is 1. The number of nitrogens with zero attached hydrogens (tertiary/aromatic N) is 2. The van der Waals surface area contributed by atoms with Crippen LogP contribution in [0.15, 0.2) is 39.5 Å². The van der Waals surface area contributed by atoms with E-state index >= 15 is 0 Å². The number of pyridine rings is 1. The first-order valence-corrected chi connectivity index (χ1v) is 5.89. The Labute approximate surface area is 109 Å². The Morgan fingerprint density at radius 1 is 1.21 bits per heavy atom. The summed E-state index contributed by atoms with van der Waals surface area (Å²) in [4.78, 5) is 16.0. The van der Waals surface area contributed by atoms with Crippen LogP contribution in [-0.4, -0.2) is 9.55 Å². The minimum Gasteiger partial charge on any atom is -0.441 e. The van der Waals surface area contributed by atoms with Crippen LogP contribution in [-0.2, 0) is 7.05 Å². The Morgan fingerprint density at radius 3 is 2.74 bits per heavy atom. The molecule has 96 valence electrons. The molecule has 0 unspecified atom stereocenters. The third kappa shape index (κ3) is 1.89. The van der Waals surface area contributed by atoms with Crippen LogP contribution in [0.3, 0.4) is 0 Å². The van der Waals surface area contributed by atoms with Crippen molar-refractivity contribution >= 4 is 16.9 Å². The number of benzene rings is 1. The van der Waals surface area contributed by atoms with Crippen molar-refractivity contribution < 1.29 is 4.42 Å². The minimum absolute atomic E-state index is 0.135. The SMILES string of the molecule is Cc1nc2ccc(-c3cc(N)n(C)c(=O)c3)cc2o1. The van der Waals surface area contributed by atoms with Crippen LogP contribution in [0.1, 0.15) is 5.89 Å². The van der Waals surface area contributed by atoms with Crippen LogP contribution in [0.25, 0.3) is 22.2 Å². The summed E-state index contributed by atoms with van der Waals surface area (Å²) in [6.45, 7) is 1.80. The van der Waals surface area contributed by atoms with Gasteiger partial charge in [0.25, 0.3) is 5.56 Å². The summed E-state index contributed by atoms with van der Waals surface area (Å²) in [6.07, 6.45) is 0. The molecule has 0 saturated heterocycles. The molecule has 0 aliphatic rings. The van der Waals surface area contributed by atoms with Crippen LogP contribution in [0.5, 0.6) is 0 Å². The van der Waals surface area contributed by atoms with Crippen LogP contribution in [0.4, 0.5) is 5.82 Å². The molecule has 1 aromatic carbocycles. The summed E-state index contributed by atoms with van der Waals surface area (Å²) in [5, 5.41) is 0. The molecule has 0 amide bonds. The lowest BCUT2D eigenvalue weighted by molar-refractivity contribution is 0.561. The van der Waals surface area contributed by atoms with Crippen molar-refractivity contribution in [3.8, 4) is 11.1 Å². The molecule has 0 bridgehead atoms. The molecule has 0 saturated carbocycles. The van der Waals surface area contributed by atoms with E-state index in [2.05, 4.69) is 4.98 Å².